The van der Waals surface area contributed by atoms with Crippen LogP contribution in [-0.2, 0) is 25.7 Å². The van der Waals surface area contributed by atoms with Crippen LogP contribution in [0.3, 0.4) is 0 Å². The molecule has 0 aliphatic carbocycles. The summed E-state index contributed by atoms with van der Waals surface area (Å²) in [4.78, 5) is 26.2. The number of hydroxylamine groups is 1. The first-order valence-corrected chi connectivity index (χ1v) is 15.6. The predicted octanol–water partition coefficient (Wildman–Crippen LogP) is 5.77. The molecule has 0 bridgehead atoms. The predicted molar refractivity (Wildman–Crippen MR) is 161 cm³/mol. The molecule has 9 heteroatoms. The third-order valence-corrected chi connectivity index (χ3v) is 8.15. The van der Waals surface area contributed by atoms with Crippen LogP contribution in [0.25, 0.3) is 0 Å². The number of nitrogens with zero attached hydrogens (tertiary/aromatic N) is 1. The Morgan fingerprint density at radius 1 is 0.833 bits per heavy atom. The maximum Gasteiger partial charge on any atom is 0.243 e. The van der Waals surface area contributed by atoms with Gasteiger partial charge in [-0.1, -0.05) is 68.5 Å². The lowest BCUT2D eigenvalue weighted by molar-refractivity contribution is -0.253. The van der Waals surface area contributed by atoms with E-state index in [9.17, 15) is 14.7 Å². The Balaban J connectivity index is 1.38. The van der Waals surface area contributed by atoms with Crippen molar-refractivity contribution in [1.82, 2.24) is 10.4 Å². The van der Waals surface area contributed by atoms with Crippen molar-refractivity contribution in [3.63, 3.8) is 0 Å². The summed E-state index contributed by atoms with van der Waals surface area (Å²) in [7, 11) is 0. The number of carbonyl (C=O) groups is 2. The monoisotopic (exact) mass is 581 g/mol. The molecule has 2 aromatic rings. The smallest absolute Gasteiger partial charge is 0.243 e. The van der Waals surface area contributed by atoms with Gasteiger partial charge in [0.1, 0.15) is 0 Å². The van der Waals surface area contributed by atoms with E-state index in [-0.39, 0.29) is 37.0 Å². The van der Waals surface area contributed by atoms with Gasteiger partial charge in [-0.25, -0.2) is 5.48 Å². The SMILES string of the molecule is O=C(CCCCCCC(=O)Nc1cccc([C@@H]2O[C@H](CN3CCCCCCC3)C[C@H](c3ccc(CO)cc3)O2)c1)NO. The zero-order chi connectivity index (χ0) is 29.6. The first-order chi connectivity index (χ1) is 20.5. The molecule has 0 saturated carbocycles. The van der Waals surface area contributed by atoms with E-state index in [2.05, 4.69) is 10.2 Å². The van der Waals surface area contributed by atoms with E-state index in [1.807, 2.05) is 48.5 Å². The standard InChI is InChI=1S/C33H47N3O6/c37-24-25-15-17-26(18-16-25)30-22-29(23-36-19-8-4-1-5-9-20-36)41-33(42-30)27-11-10-12-28(21-27)34-31(38)13-6-2-3-7-14-32(39)35-40/h10-12,15-18,21,29-30,33,37,40H,1-9,13-14,19-20,22-24H2,(H,34,38)(H,35,39)/t29-,30+,33+/m0/s1. The van der Waals surface area contributed by atoms with Crippen LogP contribution in [-0.4, -0.2) is 52.8 Å². The highest BCUT2D eigenvalue weighted by Crippen LogP contribution is 2.38. The summed E-state index contributed by atoms with van der Waals surface area (Å²) in [6.45, 7) is 3.07. The van der Waals surface area contributed by atoms with Gasteiger partial charge in [0, 0.05) is 37.1 Å². The summed E-state index contributed by atoms with van der Waals surface area (Å²) in [5.74, 6) is -0.435. The number of benzene rings is 2. The minimum atomic E-state index is -0.561. The molecule has 0 spiro atoms. The highest BCUT2D eigenvalue weighted by molar-refractivity contribution is 5.90. The molecule has 2 saturated heterocycles. The van der Waals surface area contributed by atoms with Crippen LogP contribution in [0.4, 0.5) is 5.69 Å². The number of aliphatic hydroxyl groups is 1. The van der Waals surface area contributed by atoms with E-state index in [0.717, 1.165) is 62.0 Å². The van der Waals surface area contributed by atoms with Crippen molar-refractivity contribution in [2.75, 3.05) is 25.0 Å². The van der Waals surface area contributed by atoms with Crippen LogP contribution in [0.5, 0.6) is 0 Å². The molecule has 4 N–H and O–H groups in total. The molecule has 2 aliphatic heterocycles. The Morgan fingerprint density at radius 2 is 1.52 bits per heavy atom. The van der Waals surface area contributed by atoms with Crippen LogP contribution in [0.2, 0.25) is 0 Å². The number of aliphatic hydroxyl groups excluding tert-OH is 1. The van der Waals surface area contributed by atoms with Gasteiger partial charge in [-0.15, -0.1) is 0 Å². The Kier molecular flexibility index (Phi) is 13.2. The molecule has 0 aromatic heterocycles. The largest absolute Gasteiger partial charge is 0.392 e. The summed E-state index contributed by atoms with van der Waals surface area (Å²) in [5.41, 5.74) is 5.15. The lowest BCUT2D eigenvalue weighted by Crippen LogP contribution is -2.40. The fraction of sp³-hybridized carbons (Fsp3) is 0.576. The zero-order valence-corrected chi connectivity index (χ0v) is 24.6. The Hall–Kier alpha value is -2.82. The molecule has 42 heavy (non-hydrogen) atoms. The van der Waals surface area contributed by atoms with Gasteiger partial charge in [0.25, 0.3) is 0 Å². The number of hydrogen-bond acceptors (Lipinski definition) is 7. The first kappa shape index (κ1) is 32.1. The molecular weight excluding hydrogens is 534 g/mol. The average molecular weight is 582 g/mol. The maximum absolute atomic E-state index is 12.6. The highest BCUT2D eigenvalue weighted by Gasteiger charge is 2.33. The first-order valence-electron chi connectivity index (χ1n) is 15.6. The molecule has 2 fully saturated rings. The summed E-state index contributed by atoms with van der Waals surface area (Å²) in [6.07, 6.45) is 10.2. The minimum absolute atomic E-state index is 0.00685. The van der Waals surface area contributed by atoms with Crippen LogP contribution in [0, 0.1) is 0 Å². The number of nitrogens with one attached hydrogen (secondary N) is 2. The number of amides is 2. The van der Waals surface area contributed by atoms with Crippen molar-refractivity contribution >= 4 is 17.5 Å². The second-order valence-corrected chi connectivity index (χ2v) is 11.5. The molecule has 230 valence electrons. The van der Waals surface area contributed by atoms with Gasteiger partial charge in [-0.2, -0.15) is 0 Å². The van der Waals surface area contributed by atoms with Crippen LogP contribution in [0.15, 0.2) is 48.5 Å². The third kappa shape index (κ3) is 10.5. The van der Waals surface area contributed by atoms with Crippen molar-refractivity contribution in [2.24, 2.45) is 0 Å². The number of carbonyl (C=O) groups excluding carboxylic acids is 2. The second-order valence-electron chi connectivity index (χ2n) is 11.5. The van der Waals surface area contributed by atoms with E-state index >= 15 is 0 Å². The Bertz CT molecular complexity index is 1100. The molecule has 9 nitrogen and oxygen atoms in total. The van der Waals surface area contributed by atoms with Gasteiger partial charge >= 0.3 is 0 Å². The molecule has 0 unspecified atom stereocenters. The molecule has 2 heterocycles. The number of hydrogen-bond donors (Lipinski definition) is 4. The van der Waals surface area contributed by atoms with Gasteiger partial charge in [0.05, 0.1) is 18.8 Å². The van der Waals surface area contributed by atoms with Crippen molar-refractivity contribution < 1.29 is 29.4 Å². The van der Waals surface area contributed by atoms with Gasteiger partial charge in [0.15, 0.2) is 6.29 Å². The quantitative estimate of drug-likeness (QED) is 0.135. The Morgan fingerprint density at radius 3 is 2.21 bits per heavy atom. The van der Waals surface area contributed by atoms with Crippen molar-refractivity contribution in [3.05, 3.63) is 65.2 Å². The minimum Gasteiger partial charge on any atom is -0.392 e. The number of rotatable bonds is 13. The zero-order valence-electron chi connectivity index (χ0n) is 24.6. The van der Waals surface area contributed by atoms with Gasteiger partial charge < -0.3 is 24.8 Å². The molecule has 2 aliphatic rings. The highest BCUT2D eigenvalue weighted by atomic mass is 16.7. The molecule has 2 aromatic carbocycles. The third-order valence-electron chi connectivity index (χ3n) is 8.15. The van der Waals surface area contributed by atoms with Gasteiger partial charge in [-0.3, -0.25) is 14.8 Å². The van der Waals surface area contributed by atoms with Crippen molar-refractivity contribution in [1.29, 1.82) is 0 Å². The number of ether oxygens (including phenoxy) is 2. The maximum atomic E-state index is 12.6. The summed E-state index contributed by atoms with van der Waals surface area (Å²) >= 11 is 0. The molecule has 0 radical (unpaired) electrons. The molecule has 4 rings (SSSR count). The van der Waals surface area contributed by atoms with Gasteiger partial charge in [-0.05, 0) is 62.0 Å². The number of anilines is 1. The molecular formula is C33H47N3O6. The normalized spacial score (nSPS) is 21.7. The van der Waals surface area contributed by atoms with E-state index in [4.69, 9.17) is 14.7 Å². The van der Waals surface area contributed by atoms with Crippen LogP contribution in [0.1, 0.15) is 106 Å². The van der Waals surface area contributed by atoms with E-state index in [1.165, 1.54) is 32.1 Å². The summed E-state index contributed by atoms with van der Waals surface area (Å²) < 4.78 is 13.1. The summed E-state index contributed by atoms with van der Waals surface area (Å²) in [6, 6.07) is 15.6. The lowest BCUT2D eigenvalue weighted by atomic mass is 9.99. The van der Waals surface area contributed by atoms with Crippen molar-refractivity contribution in [3.8, 4) is 0 Å². The van der Waals surface area contributed by atoms with Crippen LogP contribution < -0.4 is 10.8 Å². The lowest BCUT2D eigenvalue weighted by Gasteiger charge is -2.39. The molecule has 3 atom stereocenters. The second kappa shape index (κ2) is 17.3. The fourth-order valence-electron chi connectivity index (χ4n) is 5.78. The molecule has 2 amide bonds. The van der Waals surface area contributed by atoms with E-state index in [1.54, 1.807) is 5.48 Å². The van der Waals surface area contributed by atoms with Crippen molar-refractivity contribution in [2.45, 2.75) is 102 Å². The van der Waals surface area contributed by atoms with E-state index in [0.29, 0.717) is 18.5 Å². The Labute approximate surface area is 249 Å². The topological polar surface area (TPSA) is 120 Å². The number of likely N-dealkylation sites (tertiary alicyclic amines) is 1. The van der Waals surface area contributed by atoms with Gasteiger partial charge in [0.2, 0.25) is 11.8 Å². The average Bonchev–Trinajstić information content (AvgIpc) is 3.00. The number of unbranched alkanes of at least 4 members (excludes halogenated alkanes) is 3. The van der Waals surface area contributed by atoms with E-state index < -0.39 is 6.29 Å². The van der Waals surface area contributed by atoms with Crippen LogP contribution >= 0.6 is 0 Å². The summed E-state index contributed by atoms with van der Waals surface area (Å²) in [5, 5.41) is 21.0. The fourth-order valence-corrected chi connectivity index (χ4v) is 5.78.